The van der Waals surface area contributed by atoms with Crippen LogP contribution in [0.1, 0.15) is 19.3 Å². The maximum Gasteiger partial charge on any atom is 0.142 e. The largest absolute Gasteiger partial charge is 0.497 e. The van der Waals surface area contributed by atoms with Crippen molar-refractivity contribution in [3.63, 3.8) is 0 Å². The Morgan fingerprint density at radius 2 is 2.25 bits per heavy atom. The monoisotopic (exact) mass is 270 g/mol. The predicted octanol–water partition coefficient (Wildman–Crippen LogP) is 2.80. The lowest BCUT2D eigenvalue weighted by Gasteiger charge is -2.34. The summed E-state index contributed by atoms with van der Waals surface area (Å²) in [7, 11) is 1.66. The number of hydrogen-bond donors (Lipinski definition) is 0. The molecule has 1 aliphatic heterocycles. The molecule has 0 N–H and O–H groups in total. The molecular formula is C16H18N2O2. The highest BCUT2D eigenvalue weighted by molar-refractivity contribution is 5.94. The van der Waals surface area contributed by atoms with E-state index in [4.69, 9.17) is 4.74 Å². The van der Waals surface area contributed by atoms with Gasteiger partial charge in [0, 0.05) is 18.1 Å². The molecule has 1 aliphatic rings. The Bertz CT molecular complexity index is 627. The van der Waals surface area contributed by atoms with E-state index in [0.29, 0.717) is 0 Å². The number of carbonyl (C=O) groups excluding carboxylic acids is 1. The highest BCUT2D eigenvalue weighted by Crippen LogP contribution is 2.31. The van der Waals surface area contributed by atoms with E-state index < -0.39 is 0 Å². The predicted molar refractivity (Wildman–Crippen MR) is 79.3 cm³/mol. The van der Waals surface area contributed by atoms with Gasteiger partial charge in [-0.3, -0.25) is 0 Å². The topological polar surface area (TPSA) is 42.4 Å². The third-order valence-electron chi connectivity index (χ3n) is 3.93. The molecule has 0 bridgehead atoms. The Morgan fingerprint density at radius 3 is 3.05 bits per heavy atom. The van der Waals surface area contributed by atoms with Gasteiger partial charge in [-0.2, -0.15) is 0 Å². The standard InChI is InChI=1S/C16H18N2O2/c1-20-14-5-6-15-12(10-14)7-8-17-16(15)18-9-3-2-4-13(18)11-19/h5-8,10-11,13H,2-4,9H2,1H3. The number of methoxy groups -OCH3 is 1. The number of aromatic nitrogens is 1. The van der Waals surface area contributed by atoms with Crippen molar-refractivity contribution in [2.75, 3.05) is 18.6 Å². The van der Waals surface area contributed by atoms with Crippen molar-refractivity contribution in [3.8, 4) is 5.75 Å². The fourth-order valence-corrected chi connectivity index (χ4v) is 2.86. The number of ether oxygens (including phenoxy) is 1. The molecule has 1 fully saturated rings. The molecule has 0 saturated carbocycles. The van der Waals surface area contributed by atoms with Crippen LogP contribution < -0.4 is 9.64 Å². The first-order valence-corrected chi connectivity index (χ1v) is 6.98. The number of aldehydes is 1. The summed E-state index contributed by atoms with van der Waals surface area (Å²) >= 11 is 0. The molecule has 1 aromatic heterocycles. The summed E-state index contributed by atoms with van der Waals surface area (Å²) in [4.78, 5) is 17.9. The van der Waals surface area contributed by atoms with E-state index in [-0.39, 0.29) is 6.04 Å². The number of anilines is 1. The lowest BCUT2D eigenvalue weighted by molar-refractivity contribution is -0.109. The van der Waals surface area contributed by atoms with Gasteiger partial charge in [0.15, 0.2) is 0 Å². The molecule has 1 atom stereocenters. The molecule has 1 unspecified atom stereocenters. The maximum atomic E-state index is 11.3. The zero-order chi connectivity index (χ0) is 13.9. The normalized spacial score (nSPS) is 19.1. The Kier molecular flexibility index (Phi) is 3.54. The molecule has 0 spiro atoms. The quantitative estimate of drug-likeness (QED) is 0.804. The number of carbonyl (C=O) groups is 1. The summed E-state index contributed by atoms with van der Waals surface area (Å²) < 4.78 is 5.26. The van der Waals surface area contributed by atoms with Crippen molar-refractivity contribution >= 4 is 22.9 Å². The summed E-state index contributed by atoms with van der Waals surface area (Å²) in [5.74, 6) is 1.74. The number of pyridine rings is 1. The van der Waals surface area contributed by atoms with Gasteiger partial charge in [-0.25, -0.2) is 4.98 Å². The molecular weight excluding hydrogens is 252 g/mol. The summed E-state index contributed by atoms with van der Waals surface area (Å²) in [5, 5.41) is 2.16. The van der Waals surface area contributed by atoms with Gasteiger partial charge in [-0.15, -0.1) is 0 Å². The number of hydrogen-bond acceptors (Lipinski definition) is 4. The van der Waals surface area contributed by atoms with Gasteiger partial charge in [-0.05, 0) is 48.9 Å². The molecule has 4 nitrogen and oxygen atoms in total. The van der Waals surface area contributed by atoms with Crippen LogP contribution in [0.2, 0.25) is 0 Å². The van der Waals surface area contributed by atoms with Gasteiger partial charge >= 0.3 is 0 Å². The van der Waals surface area contributed by atoms with Crippen molar-refractivity contribution in [3.05, 3.63) is 30.5 Å². The first kappa shape index (κ1) is 12.9. The van der Waals surface area contributed by atoms with Crippen LogP contribution in [-0.4, -0.2) is 31.0 Å². The fraction of sp³-hybridized carbons (Fsp3) is 0.375. The van der Waals surface area contributed by atoms with Crippen LogP contribution >= 0.6 is 0 Å². The Hall–Kier alpha value is -2.10. The minimum atomic E-state index is -0.0519. The maximum absolute atomic E-state index is 11.3. The van der Waals surface area contributed by atoms with Gasteiger partial charge in [0.25, 0.3) is 0 Å². The molecule has 2 heterocycles. The van der Waals surface area contributed by atoms with Crippen LogP contribution in [0, 0.1) is 0 Å². The van der Waals surface area contributed by atoms with Gasteiger partial charge in [0.1, 0.15) is 17.9 Å². The van der Waals surface area contributed by atoms with Crippen molar-refractivity contribution in [2.45, 2.75) is 25.3 Å². The molecule has 0 aliphatic carbocycles. The molecule has 1 aromatic carbocycles. The van der Waals surface area contributed by atoms with Crippen molar-refractivity contribution in [2.24, 2.45) is 0 Å². The van der Waals surface area contributed by atoms with Crippen LogP contribution in [0.15, 0.2) is 30.5 Å². The number of nitrogens with zero attached hydrogens (tertiary/aromatic N) is 2. The second-order valence-electron chi connectivity index (χ2n) is 5.11. The molecule has 0 amide bonds. The van der Waals surface area contributed by atoms with Crippen LogP contribution in [0.3, 0.4) is 0 Å². The van der Waals surface area contributed by atoms with Crippen LogP contribution in [0.25, 0.3) is 10.8 Å². The van der Waals surface area contributed by atoms with E-state index in [1.807, 2.05) is 24.3 Å². The van der Waals surface area contributed by atoms with Crippen LogP contribution in [0.5, 0.6) is 5.75 Å². The summed E-state index contributed by atoms with van der Waals surface area (Å²) in [6.07, 6.45) is 5.98. The Morgan fingerprint density at radius 1 is 1.35 bits per heavy atom. The minimum Gasteiger partial charge on any atom is -0.497 e. The first-order chi connectivity index (χ1) is 9.83. The summed E-state index contributed by atoms with van der Waals surface area (Å²) in [6, 6.07) is 7.88. The summed E-state index contributed by atoms with van der Waals surface area (Å²) in [6.45, 7) is 0.890. The third kappa shape index (κ3) is 2.22. The van der Waals surface area contributed by atoms with E-state index in [2.05, 4.69) is 9.88 Å². The van der Waals surface area contributed by atoms with E-state index in [1.54, 1.807) is 13.3 Å². The molecule has 3 rings (SSSR count). The van der Waals surface area contributed by atoms with Gasteiger partial charge in [-0.1, -0.05) is 0 Å². The number of benzene rings is 1. The average Bonchev–Trinajstić information content (AvgIpc) is 2.53. The van der Waals surface area contributed by atoms with E-state index in [1.165, 1.54) is 0 Å². The van der Waals surface area contributed by atoms with Crippen LogP contribution in [-0.2, 0) is 4.79 Å². The zero-order valence-electron chi connectivity index (χ0n) is 11.6. The highest BCUT2D eigenvalue weighted by Gasteiger charge is 2.24. The molecule has 1 saturated heterocycles. The smallest absolute Gasteiger partial charge is 0.142 e. The highest BCUT2D eigenvalue weighted by atomic mass is 16.5. The lowest BCUT2D eigenvalue weighted by atomic mass is 10.0. The van der Waals surface area contributed by atoms with Crippen molar-refractivity contribution in [1.29, 1.82) is 0 Å². The number of piperidine rings is 1. The fourth-order valence-electron chi connectivity index (χ4n) is 2.86. The van der Waals surface area contributed by atoms with Gasteiger partial charge in [0.05, 0.1) is 13.2 Å². The zero-order valence-corrected chi connectivity index (χ0v) is 11.6. The van der Waals surface area contributed by atoms with E-state index >= 15 is 0 Å². The third-order valence-corrected chi connectivity index (χ3v) is 3.93. The molecule has 20 heavy (non-hydrogen) atoms. The lowest BCUT2D eigenvalue weighted by Crippen LogP contribution is -2.41. The van der Waals surface area contributed by atoms with E-state index in [9.17, 15) is 4.79 Å². The Balaban J connectivity index is 2.08. The number of rotatable bonds is 3. The van der Waals surface area contributed by atoms with Crippen molar-refractivity contribution in [1.82, 2.24) is 4.98 Å². The van der Waals surface area contributed by atoms with Gasteiger partial charge in [0.2, 0.25) is 0 Å². The second kappa shape index (κ2) is 5.49. The molecule has 2 aromatic rings. The summed E-state index contributed by atoms with van der Waals surface area (Å²) in [5.41, 5.74) is 0. The SMILES string of the molecule is COc1ccc2c(N3CCCCC3C=O)nccc2c1. The van der Waals surface area contributed by atoms with Gasteiger partial charge < -0.3 is 14.4 Å². The van der Waals surface area contributed by atoms with Crippen LogP contribution in [0.4, 0.5) is 5.82 Å². The van der Waals surface area contributed by atoms with E-state index in [0.717, 1.165) is 54.4 Å². The average molecular weight is 270 g/mol. The minimum absolute atomic E-state index is 0.0519. The molecule has 4 heteroatoms. The first-order valence-electron chi connectivity index (χ1n) is 6.98. The Labute approximate surface area is 118 Å². The number of fused-ring (bicyclic) bond motifs is 1. The molecule has 0 radical (unpaired) electrons. The molecule has 104 valence electrons. The second-order valence-corrected chi connectivity index (χ2v) is 5.11. The van der Waals surface area contributed by atoms with Crippen molar-refractivity contribution < 1.29 is 9.53 Å².